The van der Waals surface area contributed by atoms with E-state index in [1.54, 1.807) is 0 Å². The number of ether oxygens (including phenoxy) is 1. The highest BCUT2D eigenvalue weighted by molar-refractivity contribution is 7.88. The number of nitrogens with zero attached hydrogens (tertiary/aromatic N) is 2. The minimum atomic E-state index is -3.43. The van der Waals surface area contributed by atoms with Crippen molar-refractivity contribution in [1.82, 2.24) is 4.31 Å². The van der Waals surface area contributed by atoms with Gasteiger partial charge in [-0.05, 0) is 31.4 Å². The Balaban J connectivity index is 1.88. The van der Waals surface area contributed by atoms with E-state index in [0.717, 1.165) is 6.42 Å². The maximum Gasteiger partial charge on any atom is 0.269 e. The van der Waals surface area contributed by atoms with Crippen LogP contribution in [0.5, 0.6) is 0 Å². The molecule has 0 atom stereocenters. The zero-order valence-corrected chi connectivity index (χ0v) is 14.3. The Morgan fingerprint density at radius 1 is 1.25 bits per heavy atom. The lowest BCUT2D eigenvalue weighted by Gasteiger charge is -2.31. The predicted molar refractivity (Wildman–Crippen MR) is 89.9 cm³/mol. The van der Waals surface area contributed by atoms with Gasteiger partial charge in [0.05, 0.1) is 16.8 Å². The van der Waals surface area contributed by atoms with Gasteiger partial charge in [0.25, 0.3) is 5.69 Å². The molecule has 24 heavy (non-hydrogen) atoms. The first-order valence-corrected chi connectivity index (χ1v) is 9.56. The van der Waals surface area contributed by atoms with Crippen LogP contribution in [0.3, 0.4) is 0 Å². The van der Waals surface area contributed by atoms with Crippen LogP contribution in [0.15, 0.2) is 24.3 Å². The number of sulfonamides is 1. The smallest absolute Gasteiger partial charge is 0.269 e. The third kappa shape index (κ3) is 5.23. The number of hydrogen-bond donors (Lipinski definition) is 1. The Hall–Kier alpha value is -1.55. The molecule has 0 saturated carbocycles. The molecule has 134 valence electrons. The van der Waals surface area contributed by atoms with E-state index in [9.17, 15) is 18.5 Å². The third-order valence-corrected chi connectivity index (χ3v) is 5.84. The van der Waals surface area contributed by atoms with Crippen molar-refractivity contribution in [1.29, 1.82) is 0 Å². The van der Waals surface area contributed by atoms with Gasteiger partial charge in [-0.3, -0.25) is 10.1 Å². The van der Waals surface area contributed by atoms with Crippen molar-refractivity contribution in [2.75, 3.05) is 26.2 Å². The fraction of sp³-hybridized carbons (Fsp3) is 0.600. The van der Waals surface area contributed by atoms with Crippen molar-refractivity contribution >= 4 is 15.7 Å². The standard InChI is InChI=1S/C15H23N3O5S/c16-8-1-11-23-15-6-9-17(10-7-15)24(21,22)12-13-2-4-14(5-3-13)18(19)20/h2-5,15H,1,6-12,16H2. The van der Waals surface area contributed by atoms with Crippen molar-refractivity contribution in [2.45, 2.75) is 31.1 Å². The van der Waals surface area contributed by atoms with Crippen LogP contribution in [0.25, 0.3) is 0 Å². The molecule has 1 aromatic carbocycles. The van der Waals surface area contributed by atoms with E-state index in [4.69, 9.17) is 10.5 Å². The molecular weight excluding hydrogens is 334 g/mol. The molecule has 2 rings (SSSR count). The van der Waals surface area contributed by atoms with Gasteiger partial charge in [-0.2, -0.15) is 0 Å². The van der Waals surface area contributed by atoms with Gasteiger partial charge in [-0.1, -0.05) is 12.1 Å². The number of non-ortho nitro benzene ring substituents is 1. The van der Waals surface area contributed by atoms with E-state index in [-0.39, 0.29) is 17.5 Å². The molecule has 0 unspecified atom stereocenters. The van der Waals surface area contributed by atoms with Gasteiger partial charge in [-0.15, -0.1) is 0 Å². The number of piperidine rings is 1. The summed E-state index contributed by atoms with van der Waals surface area (Å²) in [7, 11) is -3.43. The molecule has 9 heteroatoms. The average molecular weight is 357 g/mol. The van der Waals surface area contributed by atoms with E-state index >= 15 is 0 Å². The zero-order valence-electron chi connectivity index (χ0n) is 13.5. The summed E-state index contributed by atoms with van der Waals surface area (Å²) in [6.45, 7) is 2.06. The molecule has 0 spiro atoms. The van der Waals surface area contributed by atoms with Crippen molar-refractivity contribution < 1.29 is 18.1 Å². The largest absolute Gasteiger partial charge is 0.378 e. The van der Waals surface area contributed by atoms with Crippen molar-refractivity contribution in [3.8, 4) is 0 Å². The molecular formula is C15H23N3O5S. The fourth-order valence-electron chi connectivity index (χ4n) is 2.63. The van der Waals surface area contributed by atoms with Crippen LogP contribution in [-0.2, 0) is 20.5 Å². The van der Waals surface area contributed by atoms with E-state index in [1.165, 1.54) is 28.6 Å². The maximum atomic E-state index is 12.5. The molecule has 0 aliphatic carbocycles. The number of rotatable bonds is 8. The first-order valence-electron chi connectivity index (χ1n) is 7.95. The number of nitro benzene ring substituents is 1. The lowest BCUT2D eigenvalue weighted by Crippen LogP contribution is -2.41. The Morgan fingerprint density at radius 2 is 1.88 bits per heavy atom. The molecule has 1 heterocycles. The van der Waals surface area contributed by atoms with E-state index in [1.807, 2.05) is 0 Å². The van der Waals surface area contributed by atoms with Gasteiger partial charge in [0.2, 0.25) is 10.0 Å². The zero-order chi connectivity index (χ0) is 17.6. The Kier molecular flexibility index (Phi) is 6.67. The molecule has 1 saturated heterocycles. The molecule has 1 aromatic rings. The predicted octanol–water partition coefficient (Wildman–Crippen LogP) is 1.25. The monoisotopic (exact) mass is 357 g/mol. The van der Waals surface area contributed by atoms with Gasteiger partial charge in [-0.25, -0.2) is 12.7 Å². The minimum absolute atomic E-state index is 0.0495. The van der Waals surface area contributed by atoms with E-state index in [0.29, 0.717) is 44.6 Å². The summed E-state index contributed by atoms with van der Waals surface area (Å²) >= 11 is 0. The quantitative estimate of drug-likeness (QED) is 0.425. The first-order chi connectivity index (χ1) is 11.4. The molecule has 1 aliphatic heterocycles. The molecule has 2 N–H and O–H groups in total. The topological polar surface area (TPSA) is 116 Å². The summed E-state index contributed by atoms with van der Waals surface area (Å²) in [5, 5.41) is 10.6. The Morgan fingerprint density at radius 3 is 2.42 bits per heavy atom. The lowest BCUT2D eigenvalue weighted by atomic mass is 10.1. The third-order valence-electron chi connectivity index (χ3n) is 3.99. The van der Waals surface area contributed by atoms with Gasteiger partial charge in [0.1, 0.15) is 0 Å². The molecule has 8 nitrogen and oxygen atoms in total. The molecule has 0 aromatic heterocycles. The molecule has 1 aliphatic rings. The first kappa shape index (κ1) is 18.8. The van der Waals surface area contributed by atoms with Crippen LogP contribution in [0.2, 0.25) is 0 Å². The summed E-state index contributed by atoms with van der Waals surface area (Å²) in [6, 6.07) is 5.61. The highest BCUT2D eigenvalue weighted by Crippen LogP contribution is 2.20. The average Bonchev–Trinajstić information content (AvgIpc) is 2.56. The van der Waals surface area contributed by atoms with Crippen LogP contribution in [0.4, 0.5) is 5.69 Å². The Bertz CT molecular complexity index is 640. The van der Waals surface area contributed by atoms with Gasteiger partial charge in [0.15, 0.2) is 0 Å². The van der Waals surface area contributed by atoms with Gasteiger partial charge >= 0.3 is 0 Å². The van der Waals surface area contributed by atoms with Crippen LogP contribution in [0, 0.1) is 10.1 Å². The van der Waals surface area contributed by atoms with Gasteiger partial charge in [0, 0.05) is 31.8 Å². The van der Waals surface area contributed by atoms with Crippen LogP contribution in [0.1, 0.15) is 24.8 Å². The second-order valence-corrected chi connectivity index (χ2v) is 7.76. The second-order valence-electron chi connectivity index (χ2n) is 5.79. The normalized spacial score (nSPS) is 17.0. The number of hydrogen-bond acceptors (Lipinski definition) is 6. The van der Waals surface area contributed by atoms with E-state index in [2.05, 4.69) is 0 Å². The second kappa shape index (κ2) is 8.52. The van der Waals surface area contributed by atoms with Gasteiger partial charge < -0.3 is 10.5 Å². The van der Waals surface area contributed by atoms with Crippen molar-refractivity contribution in [2.24, 2.45) is 5.73 Å². The van der Waals surface area contributed by atoms with Crippen LogP contribution in [-0.4, -0.2) is 50.0 Å². The number of benzene rings is 1. The summed E-state index contributed by atoms with van der Waals surface area (Å²) in [5.74, 6) is -0.149. The number of nitro groups is 1. The lowest BCUT2D eigenvalue weighted by molar-refractivity contribution is -0.384. The summed E-state index contributed by atoms with van der Waals surface area (Å²) in [5.41, 5.74) is 5.91. The molecule has 0 amide bonds. The van der Waals surface area contributed by atoms with Crippen molar-refractivity contribution in [3.05, 3.63) is 39.9 Å². The molecule has 0 radical (unpaired) electrons. The minimum Gasteiger partial charge on any atom is -0.378 e. The van der Waals surface area contributed by atoms with Crippen LogP contribution >= 0.6 is 0 Å². The number of nitrogens with two attached hydrogens (primary N) is 1. The highest BCUT2D eigenvalue weighted by atomic mass is 32.2. The fourth-order valence-corrected chi connectivity index (χ4v) is 4.19. The van der Waals surface area contributed by atoms with E-state index < -0.39 is 14.9 Å². The summed E-state index contributed by atoms with van der Waals surface area (Å²) in [4.78, 5) is 10.1. The maximum absolute atomic E-state index is 12.5. The summed E-state index contributed by atoms with van der Waals surface area (Å²) < 4.78 is 32.1. The summed E-state index contributed by atoms with van der Waals surface area (Å²) in [6.07, 6.45) is 2.23. The van der Waals surface area contributed by atoms with Crippen molar-refractivity contribution in [3.63, 3.8) is 0 Å². The SMILES string of the molecule is NCCCOC1CCN(S(=O)(=O)Cc2ccc([N+](=O)[O-])cc2)CC1. The molecule has 0 bridgehead atoms. The Labute approximate surface area is 141 Å². The molecule has 1 fully saturated rings. The highest BCUT2D eigenvalue weighted by Gasteiger charge is 2.28. The van der Waals surface area contributed by atoms with Crippen LogP contribution < -0.4 is 5.73 Å².